The highest BCUT2D eigenvalue weighted by Crippen LogP contribution is 2.44. The fourth-order valence-electron chi connectivity index (χ4n) is 2.09. The van der Waals surface area contributed by atoms with Crippen LogP contribution in [0.5, 0.6) is 11.5 Å². The maximum atomic E-state index is 9.84. The van der Waals surface area contributed by atoms with E-state index in [0.717, 1.165) is 5.75 Å². The molecule has 112 valence electrons. The summed E-state index contributed by atoms with van der Waals surface area (Å²) in [5, 5.41) is 24.7. The van der Waals surface area contributed by atoms with Gasteiger partial charge < -0.3 is 14.7 Å². The van der Waals surface area contributed by atoms with E-state index in [2.05, 4.69) is 24.0 Å². The number of nitrogens with zero attached hydrogens (tertiary/aromatic N) is 2. The van der Waals surface area contributed by atoms with Crippen molar-refractivity contribution in [1.82, 2.24) is 10.1 Å². The molecule has 2 heterocycles. The number of benzene rings is 1. The molecule has 0 saturated carbocycles. The van der Waals surface area contributed by atoms with Gasteiger partial charge in [0.05, 0.1) is 10.8 Å². The predicted molar refractivity (Wildman–Crippen MR) is 84.8 cm³/mol. The molecule has 3 unspecified atom stereocenters. The average molecular weight is 324 g/mol. The van der Waals surface area contributed by atoms with E-state index in [4.69, 9.17) is 4.52 Å². The molecular weight excluding hydrogens is 308 g/mol. The van der Waals surface area contributed by atoms with Crippen LogP contribution in [0.15, 0.2) is 22.7 Å². The highest BCUT2D eigenvalue weighted by atomic mass is 32.2. The van der Waals surface area contributed by atoms with Crippen molar-refractivity contribution in [2.45, 2.75) is 29.6 Å². The zero-order chi connectivity index (χ0) is 15.0. The highest BCUT2D eigenvalue weighted by molar-refractivity contribution is 8.07. The third-order valence-corrected chi connectivity index (χ3v) is 6.88. The number of hydrogen-bond donors (Lipinski definition) is 2. The Kier molecular flexibility index (Phi) is 4.03. The third-order valence-electron chi connectivity index (χ3n) is 3.49. The normalized spacial score (nSPS) is 25.9. The molecule has 1 saturated heterocycles. The summed E-state index contributed by atoms with van der Waals surface area (Å²) in [5.41, 5.74) is 0.351. The summed E-state index contributed by atoms with van der Waals surface area (Å²) in [5.74, 6) is 1.88. The Hall–Kier alpha value is -1.34. The largest absolute Gasteiger partial charge is 0.508 e. The van der Waals surface area contributed by atoms with Gasteiger partial charge in [-0.15, -0.1) is 11.8 Å². The van der Waals surface area contributed by atoms with Gasteiger partial charge in [0.2, 0.25) is 0 Å². The molecule has 1 aliphatic rings. The van der Waals surface area contributed by atoms with Crippen molar-refractivity contribution >= 4 is 23.5 Å². The molecule has 2 N–H and O–H groups in total. The van der Waals surface area contributed by atoms with E-state index in [9.17, 15) is 10.2 Å². The maximum Gasteiger partial charge on any atom is 0.261 e. The number of aromatic nitrogens is 2. The van der Waals surface area contributed by atoms with Gasteiger partial charge in [-0.1, -0.05) is 19.0 Å². The Labute approximate surface area is 131 Å². The second-order valence-electron chi connectivity index (χ2n) is 5.03. The average Bonchev–Trinajstić information content (AvgIpc) is 2.94. The summed E-state index contributed by atoms with van der Waals surface area (Å²) in [6, 6.07) is 4.23. The number of phenolic OH excluding ortho intramolecular Hbond substituents is 2. The van der Waals surface area contributed by atoms with Crippen molar-refractivity contribution in [2.75, 3.05) is 5.75 Å². The Bertz CT molecular complexity index is 647. The van der Waals surface area contributed by atoms with Crippen molar-refractivity contribution < 1.29 is 14.7 Å². The molecule has 1 aromatic carbocycles. The van der Waals surface area contributed by atoms with Gasteiger partial charge >= 0.3 is 0 Å². The monoisotopic (exact) mass is 324 g/mol. The van der Waals surface area contributed by atoms with E-state index in [1.165, 1.54) is 18.2 Å². The molecule has 3 atom stereocenters. The minimum absolute atomic E-state index is 0.00987. The number of phenols is 2. The molecule has 0 aliphatic carbocycles. The van der Waals surface area contributed by atoms with Crippen LogP contribution in [0.4, 0.5) is 0 Å². The SMILES string of the molecule is CC1SCC(c2noc(-c3cc(O)ccc3O)n2)SC1C. The fourth-order valence-corrected chi connectivity index (χ4v) is 4.92. The third kappa shape index (κ3) is 2.98. The zero-order valence-electron chi connectivity index (χ0n) is 11.7. The highest BCUT2D eigenvalue weighted by Gasteiger charge is 2.30. The standard InChI is InChI=1S/C14H16N2O3S2/c1-7-8(2)21-12(6-20-7)13-15-14(19-16-13)10-5-9(17)3-4-11(10)18/h3-5,7-8,12,17-18H,6H2,1-2H3. The Morgan fingerprint density at radius 3 is 2.81 bits per heavy atom. The number of rotatable bonds is 2. The van der Waals surface area contributed by atoms with Crippen LogP contribution in [0.3, 0.4) is 0 Å². The number of hydrogen-bond acceptors (Lipinski definition) is 7. The molecule has 21 heavy (non-hydrogen) atoms. The van der Waals surface area contributed by atoms with Crippen LogP contribution < -0.4 is 0 Å². The minimum atomic E-state index is 0.00987. The van der Waals surface area contributed by atoms with E-state index in [1.807, 2.05) is 23.5 Å². The lowest BCUT2D eigenvalue weighted by Crippen LogP contribution is -2.22. The second kappa shape index (κ2) is 5.81. The van der Waals surface area contributed by atoms with Crippen LogP contribution in [0.1, 0.15) is 24.9 Å². The predicted octanol–water partition coefficient (Wildman–Crippen LogP) is 3.45. The molecule has 3 rings (SSSR count). The second-order valence-corrected chi connectivity index (χ2v) is 8.02. The lowest BCUT2D eigenvalue weighted by molar-refractivity contribution is 0.416. The molecule has 0 radical (unpaired) electrons. The van der Waals surface area contributed by atoms with E-state index in [-0.39, 0.29) is 22.6 Å². The molecule has 7 heteroatoms. The van der Waals surface area contributed by atoms with E-state index in [1.54, 1.807) is 0 Å². The topological polar surface area (TPSA) is 79.4 Å². The molecule has 0 spiro atoms. The Morgan fingerprint density at radius 1 is 1.24 bits per heavy atom. The van der Waals surface area contributed by atoms with Crippen molar-refractivity contribution in [1.29, 1.82) is 0 Å². The van der Waals surface area contributed by atoms with Crippen molar-refractivity contribution in [3.05, 3.63) is 24.0 Å². The van der Waals surface area contributed by atoms with E-state index < -0.39 is 0 Å². The van der Waals surface area contributed by atoms with Crippen LogP contribution >= 0.6 is 23.5 Å². The van der Waals surface area contributed by atoms with Gasteiger partial charge in [0, 0.05) is 16.3 Å². The molecule has 1 fully saturated rings. The van der Waals surface area contributed by atoms with Gasteiger partial charge in [0.25, 0.3) is 5.89 Å². The van der Waals surface area contributed by atoms with Gasteiger partial charge in [0.1, 0.15) is 11.5 Å². The Morgan fingerprint density at radius 2 is 2.05 bits per heavy atom. The lowest BCUT2D eigenvalue weighted by atomic mass is 10.2. The van der Waals surface area contributed by atoms with E-state index in [0.29, 0.717) is 21.9 Å². The maximum absolute atomic E-state index is 9.84. The molecule has 5 nitrogen and oxygen atoms in total. The first-order valence-electron chi connectivity index (χ1n) is 6.67. The van der Waals surface area contributed by atoms with Crippen LogP contribution in [-0.2, 0) is 0 Å². The summed E-state index contributed by atoms with van der Waals surface area (Å²) in [6.45, 7) is 4.43. The van der Waals surface area contributed by atoms with Crippen LogP contribution in [0.2, 0.25) is 0 Å². The summed E-state index contributed by atoms with van der Waals surface area (Å²) in [7, 11) is 0. The first kappa shape index (κ1) is 14.6. The fraction of sp³-hybridized carbons (Fsp3) is 0.429. The minimum Gasteiger partial charge on any atom is -0.508 e. The molecule has 1 aliphatic heterocycles. The molecule has 2 aromatic rings. The smallest absolute Gasteiger partial charge is 0.261 e. The molecule has 0 amide bonds. The lowest BCUT2D eigenvalue weighted by Gasteiger charge is -2.29. The summed E-state index contributed by atoms with van der Waals surface area (Å²) in [4.78, 5) is 4.38. The first-order valence-corrected chi connectivity index (χ1v) is 8.67. The van der Waals surface area contributed by atoms with Crippen LogP contribution in [-0.4, -0.2) is 36.6 Å². The summed E-state index contributed by atoms with van der Waals surface area (Å²) >= 11 is 3.75. The van der Waals surface area contributed by atoms with Crippen LogP contribution in [0.25, 0.3) is 11.5 Å². The van der Waals surface area contributed by atoms with Gasteiger partial charge in [-0.25, -0.2) is 0 Å². The van der Waals surface area contributed by atoms with Crippen LogP contribution in [0, 0.1) is 0 Å². The van der Waals surface area contributed by atoms with Crippen molar-refractivity contribution in [3.8, 4) is 23.0 Å². The summed E-state index contributed by atoms with van der Waals surface area (Å²) < 4.78 is 5.25. The molecule has 1 aromatic heterocycles. The Balaban J connectivity index is 1.85. The van der Waals surface area contributed by atoms with Gasteiger partial charge in [0.15, 0.2) is 5.82 Å². The molecule has 0 bridgehead atoms. The number of aromatic hydroxyl groups is 2. The van der Waals surface area contributed by atoms with Gasteiger partial charge in [-0.3, -0.25) is 0 Å². The van der Waals surface area contributed by atoms with E-state index >= 15 is 0 Å². The number of thioether (sulfide) groups is 2. The van der Waals surface area contributed by atoms with Gasteiger partial charge in [-0.05, 0) is 18.2 Å². The van der Waals surface area contributed by atoms with Gasteiger partial charge in [-0.2, -0.15) is 16.7 Å². The van der Waals surface area contributed by atoms with Crippen molar-refractivity contribution in [2.24, 2.45) is 0 Å². The zero-order valence-corrected chi connectivity index (χ0v) is 13.3. The van der Waals surface area contributed by atoms with Crippen molar-refractivity contribution in [3.63, 3.8) is 0 Å². The first-order chi connectivity index (χ1) is 10.0. The quantitative estimate of drug-likeness (QED) is 0.819. The summed E-state index contributed by atoms with van der Waals surface area (Å²) in [6.07, 6.45) is 0. The molecular formula is C14H16N2O3S2.